The molecule has 0 aromatic carbocycles. The lowest BCUT2D eigenvalue weighted by molar-refractivity contribution is -0.137. The highest BCUT2D eigenvalue weighted by Gasteiger charge is 1.97. The van der Waals surface area contributed by atoms with Crippen LogP contribution in [0.15, 0.2) is 12.4 Å². The molecule has 2 N–H and O–H groups in total. The van der Waals surface area contributed by atoms with Gasteiger partial charge in [-0.3, -0.25) is 9.89 Å². The minimum Gasteiger partial charge on any atom is -0.490 e. The van der Waals surface area contributed by atoms with Crippen molar-refractivity contribution in [1.82, 2.24) is 10.2 Å². The Balaban J connectivity index is 2.19. The average molecular weight is 156 g/mol. The summed E-state index contributed by atoms with van der Waals surface area (Å²) >= 11 is 0. The van der Waals surface area contributed by atoms with Gasteiger partial charge in [0.05, 0.1) is 25.4 Å². The first-order chi connectivity index (χ1) is 5.29. The lowest BCUT2D eigenvalue weighted by atomic mass is 10.5. The highest BCUT2D eigenvalue weighted by molar-refractivity contribution is 5.66. The molecule has 0 saturated carbocycles. The van der Waals surface area contributed by atoms with Gasteiger partial charge in [0.15, 0.2) is 5.75 Å². The van der Waals surface area contributed by atoms with Crippen LogP contribution in [0.2, 0.25) is 0 Å². The SMILES string of the molecule is O=C(O)CCOc1cn[nH]c1. The quantitative estimate of drug-likeness (QED) is 0.655. The van der Waals surface area contributed by atoms with Gasteiger partial charge in [-0.15, -0.1) is 0 Å². The first kappa shape index (κ1) is 7.59. The fourth-order valence-electron chi connectivity index (χ4n) is 0.574. The molecule has 5 nitrogen and oxygen atoms in total. The van der Waals surface area contributed by atoms with E-state index in [0.717, 1.165) is 0 Å². The van der Waals surface area contributed by atoms with Crippen molar-refractivity contribution in [3.05, 3.63) is 12.4 Å². The van der Waals surface area contributed by atoms with Crippen LogP contribution in [0.25, 0.3) is 0 Å². The maximum Gasteiger partial charge on any atom is 0.306 e. The van der Waals surface area contributed by atoms with Crippen LogP contribution in [-0.2, 0) is 4.79 Å². The van der Waals surface area contributed by atoms with Gasteiger partial charge in [-0.25, -0.2) is 0 Å². The van der Waals surface area contributed by atoms with Gasteiger partial charge in [0.25, 0.3) is 0 Å². The molecule has 1 heterocycles. The van der Waals surface area contributed by atoms with Gasteiger partial charge in [0.2, 0.25) is 0 Å². The molecule has 1 aromatic heterocycles. The second kappa shape index (κ2) is 3.60. The van der Waals surface area contributed by atoms with Crippen molar-refractivity contribution in [1.29, 1.82) is 0 Å². The second-order valence-electron chi connectivity index (χ2n) is 1.93. The van der Waals surface area contributed by atoms with E-state index in [1.807, 2.05) is 0 Å². The van der Waals surface area contributed by atoms with Gasteiger partial charge in [-0.2, -0.15) is 5.10 Å². The van der Waals surface area contributed by atoms with Crippen molar-refractivity contribution in [2.24, 2.45) is 0 Å². The van der Waals surface area contributed by atoms with Crippen molar-refractivity contribution in [2.75, 3.05) is 6.61 Å². The molecule has 0 bridgehead atoms. The number of aliphatic carboxylic acids is 1. The molecule has 0 unspecified atom stereocenters. The normalized spacial score (nSPS) is 9.45. The summed E-state index contributed by atoms with van der Waals surface area (Å²) in [7, 11) is 0. The number of hydrogen-bond donors (Lipinski definition) is 2. The van der Waals surface area contributed by atoms with E-state index < -0.39 is 5.97 Å². The molecule has 5 heteroatoms. The molecule has 0 saturated heterocycles. The average Bonchev–Trinajstić information content (AvgIpc) is 2.39. The van der Waals surface area contributed by atoms with Gasteiger partial charge in [0, 0.05) is 0 Å². The zero-order valence-electron chi connectivity index (χ0n) is 5.78. The molecule has 0 spiro atoms. The number of hydrogen-bond acceptors (Lipinski definition) is 3. The van der Waals surface area contributed by atoms with Gasteiger partial charge in [-0.1, -0.05) is 0 Å². The highest BCUT2D eigenvalue weighted by atomic mass is 16.5. The molecular formula is C6H8N2O3. The summed E-state index contributed by atoms with van der Waals surface area (Å²) in [6.07, 6.45) is 3.05. The molecule has 11 heavy (non-hydrogen) atoms. The number of carbonyl (C=O) groups is 1. The third-order valence-electron chi connectivity index (χ3n) is 1.06. The molecule has 0 aliphatic carbocycles. The molecule has 0 atom stereocenters. The Bertz CT molecular complexity index is 220. The summed E-state index contributed by atoms with van der Waals surface area (Å²) < 4.78 is 4.98. The number of ether oxygens (including phenoxy) is 1. The van der Waals surface area contributed by atoms with Crippen molar-refractivity contribution >= 4 is 5.97 Å². The highest BCUT2D eigenvalue weighted by Crippen LogP contribution is 2.04. The molecular weight excluding hydrogens is 148 g/mol. The van der Waals surface area contributed by atoms with Crippen LogP contribution in [-0.4, -0.2) is 27.9 Å². The first-order valence-corrected chi connectivity index (χ1v) is 3.12. The molecule has 0 aliphatic rings. The Labute approximate surface area is 63.0 Å². The van der Waals surface area contributed by atoms with Crippen molar-refractivity contribution < 1.29 is 14.6 Å². The Hall–Kier alpha value is -1.52. The van der Waals surface area contributed by atoms with E-state index in [-0.39, 0.29) is 13.0 Å². The van der Waals surface area contributed by atoms with E-state index in [2.05, 4.69) is 10.2 Å². The summed E-state index contributed by atoms with van der Waals surface area (Å²) in [5.41, 5.74) is 0. The van der Waals surface area contributed by atoms with Crippen molar-refractivity contribution in [3.8, 4) is 5.75 Å². The van der Waals surface area contributed by atoms with Crippen LogP contribution in [0.5, 0.6) is 5.75 Å². The number of H-pyrrole nitrogens is 1. The molecule has 1 aromatic rings. The predicted molar refractivity (Wildman–Crippen MR) is 36.3 cm³/mol. The Kier molecular flexibility index (Phi) is 2.48. The number of aromatic nitrogens is 2. The lowest BCUT2D eigenvalue weighted by Crippen LogP contribution is -2.04. The van der Waals surface area contributed by atoms with E-state index in [1.54, 1.807) is 6.20 Å². The van der Waals surface area contributed by atoms with Crippen LogP contribution >= 0.6 is 0 Å². The van der Waals surface area contributed by atoms with Gasteiger partial charge < -0.3 is 9.84 Å². The Morgan fingerprint density at radius 3 is 3.18 bits per heavy atom. The molecule has 0 radical (unpaired) electrons. The third kappa shape index (κ3) is 2.70. The molecule has 1 rings (SSSR count). The van der Waals surface area contributed by atoms with Crippen LogP contribution in [0.1, 0.15) is 6.42 Å². The zero-order chi connectivity index (χ0) is 8.10. The summed E-state index contributed by atoms with van der Waals surface area (Å²) in [5, 5.41) is 14.4. The summed E-state index contributed by atoms with van der Waals surface area (Å²) in [4.78, 5) is 10.0. The van der Waals surface area contributed by atoms with Crippen molar-refractivity contribution in [3.63, 3.8) is 0 Å². The van der Waals surface area contributed by atoms with Crippen LogP contribution in [0.3, 0.4) is 0 Å². The maximum absolute atomic E-state index is 10.0. The number of rotatable bonds is 4. The first-order valence-electron chi connectivity index (χ1n) is 3.12. The standard InChI is InChI=1S/C6H8N2O3/c9-6(10)1-2-11-5-3-7-8-4-5/h3-4H,1-2H2,(H,7,8)(H,9,10). The summed E-state index contributed by atoms with van der Waals surface area (Å²) in [6.45, 7) is 0.175. The number of carboxylic acid groups (broad SMARTS) is 1. The van der Waals surface area contributed by atoms with Crippen LogP contribution in [0, 0.1) is 0 Å². The lowest BCUT2D eigenvalue weighted by Gasteiger charge is -1.97. The second-order valence-corrected chi connectivity index (χ2v) is 1.93. The smallest absolute Gasteiger partial charge is 0.306 e. The van der Waals surface area contributed by atoms with E-state index in [0.29, 0.717) is 5.75 Å². The fraction of sp³-hybridized carbons (Fsp3) is 0.333. The maximum atomic E-state index is 10.0. The predicted octanol–water partition coefficient (Wildman–Crippen LogP) is 0.263. The Morgan fingerprint density at radius 2 is 2.64 bits per heavy atom. The summed E-state index contributed by atoms with van der Waals surface area (Å²) in [5.74, 6) is -0.306. The Morgan fingerprint density at radius 1 is 1.82 bits per heavy atom. The van der Waals surface area contributed by atoms with Gasteiger partial charge in [-0.05, 0) is 0 Å². The van der Waals surface area contributed by atoms with Gasteiger partial charge >= 0.3 is 5.97 Å². The molecule has 60 valence electrons. The largest absolute Gasteiger partial charge is 0.490 e. The fourth-order valence-corrected chi connectivity index (χ4v) is 0.574. The van der Waals surface area contributed by atoms with Crippen LogP contribution in [0.4, 0.5) is 0 Å². The molecule has 0 amide bonds. The minimum absolute atomic E-state index is 0.00514. The van der Waals surface area contributed by atoms with E-state index in [9.17, 15) is 4.79 Å². The monoisotopic (exact) mass is 156 g/mol. The minimum atomic E-state index is -0.867. The number of nitrogens with zero attached hydrogens (tertiary/aromatic N) is 1. The molecule has 0 aliphatic heterocycles. The van der Waals surface area contributed by atoms with E-state index in [1.165, 1.54) is 6.20 Å². The van der Waals surface area contributed by atoms with Gasteiger partial charge in [0.1, 0.15) is 0 Å². The topological polar surface area (TPSA) is 75.2 Å². The number of carboxylic acids is 1. The van der Waals surface area contributed by atoms with Crippen LogP contribution < -0.4 is 4.74 Å². The molecule has 0 fully saturated rings. The van der Waals surface area contributed by atoms with E-state index >= 15 is 0 Å². The number of aromatic amines is 1. The third-order valence-corrected chi connectivity index (χ3v) is 1.06. The van der Waals surface area contributed by atoms with E-state index in [4.69, 9.17) is 9.84 Å². The number of nitrogens with one attached hydrogen (secondary N) is 1. The zero-order valence-corrected chi connectivity index (χ0v) is 5.78. The summed E-state index contributed by atoms with van der Waals surface area (Å²) in [6, 6.07) is 0. The van der Waals surface area contributed by atoms with Crippen molar-refractivity contribution in [2.45, 2.75) is 6.42 Å².